The molecule has 90 valence electrons. The molecule has 1 heterocycles. The van der Waals surface area contributed by atoms with Gasteiger partial charge in [0.2, 0.25) is 6.79 Å². The maximum absolute atomic E-state index is 13.5. The summed E-state index contributed by atoms with van der Waals surface area (Å²) in [4.78, 5) is 0. The van der Waals surface area contributed by atoms with Crippen molar-refractivity contribution in [2.24, 2.45) is 0 Å². The Morgan fingerprint density at radius 3 is 3.00 bits per heavy atom. The molecular weight excluding hydrogens is 225 g/mol. The molecule has 1 aromatic carbocycles. The fraction of sp³-hybridized carbons (Fsp3) is 0.333. The lowest BCUT2D eigenvalue weighted by Crippen LogP contribution is -1.95. The van der Waals surface area contributed by atoms with Crippen molar-refractivity contribution in [1.29, 1.82) is 0 Å². The van der Waals surface area contributed by atoms with Crippen LogP contribution in [-0.2, 0) is 4.74 Å². The molecule has 0 saturated heterocycles. The molecule has 0 saturated carbocycles. The zero-order valence-electron chi connectivity index (χ0n) is 9.38. The minimum absolute atomic E-state index is 0.0374. The summed E-state index contributed by atoms with van der Waals surface area (Å²) in [6.45, 7) is 0.569. The summed E-state index contributed by atoms with van der Waals surface area (Å²) in [5, 5.41) is 0. The summed E-state index contributed by atoms with van der Waals surface area (Å²) < 4.78 is 28.6. The first-order valence-electron chi connectivity index (χ1n) is 5.09. The van der Waals surface area contributed by atoms with Crippen LogP contribution in [0.5, 0.6) is 11.5 Å². The Morgan fingerprint density at radius 2 is 2.24 bits per heavy atom. The van der Waals surface area contributed by atoms with Crippen LogP contribution in [0.15, 0.2) is 6.07 Å². The van der Waals surface area contributed by atoms with Crippen molar-refractivity contribution < 1.29 is 18.6 Å². The van der Waals surface area contributed by atoms with Crippen LogP contribution in [0.25, 0.3) is 0 Å². The smallest absolute Gasteiger partial charge is 0.231 e. The van der Waals surface area contributed by atoms with E-state index in [1.54, 1.807) is 7.11 Å². The Balaban J connectivity index is 2.31. The minimum Gasteiger partial charge on any atom is -0.452 e. The monoisotopic (exact) mass is 237 g/mol. The van der Waals surface area contributed by atoms with E-state index in [2.05, 4.69) is 11.8 Å². The van der Waals surface area contributed by atoms with Gasteiger partial charge in [0.25, 0.3) is 0 Å². The highest BCUT2D eigenvalue weighted by Crippen LogP contribution is 2.41. The number of methoxy groups -OCH3 is 1. The molecule has 2 N–H and O–H groups in total. The van der Waals surface area contributed by atoms with Gasteiger partial charge in [-0.2, -0.15) is 0 Å². The molecule has 0 fully saturated rings. The average Bonchev–Trinajstić information content (AvgIpc) is 2.80. The largest absolute Gasteiger partial charge is 0.452 e. The molecular formula is C12H12FNO3. The third-order valence-electron chi connectivity index (χ3n) is 2.28. The van der Waals surface area contributed by atoms with Gasteiger partial charge in [-0.25, -0.2) is 4.39 Å². The Kier molecular flexibility index (Phi) is 3.35. The SMILES string of the molecule is COCCC#Cc1cc(F)c(N)c2c1OCO2. The molecule has 0 spiro atoms. The lowest BCUT2D eigenvalue weighted by atomic mass is 10.1. The molecule has 1 aromatic rings. The molecule has 2 rings (SSSR count). The highest BCUT2D eigenvalue weighted by atomic mass is 19.1. The third-order valence-corrected chi connectivity index (χ3v) is 2.28. The second-order valence-electron chi connectivity index (χ2n) is 3.43. The summed E-state index contributed by atoms with van der Waals surface area (Å²) in [6.07, 6.45) is 0.568. The van der Waals surface area contributed by atoms with Crippen LogP contribution in [-0.4, -0.2) is 20.5 Å². The topological polar surface area (TPSA) is 53.7 Å². The van der Waals surface area contributed by atoms with Crippen molar-refractivity contribution in [3.05, 3.63) is 17.4 Å². The van der Waals surface area contributed by atoms with Crippen LogP contribution in [0.2, 0.25) is 0 Å². The second-order valence-corrected chi connectivity index (χ2v) is 3.43. The lowest BCUT2D eigenvalue weighted by Gasteiger charge is -2.03. The van der Waals surface area contributed by atoms with Crippen molar-refractivity contribution in [3.63, 3.8) is 0 Å². The van der Waals surface area contributed by atoms with E-state index in [1.165, 1.54) is 6.07 Å². The molecule has 0 bridgehead atoms. The van der Waals surface area contributed by atoms with Crippen molar-refractivity contribution in [3.8, 4) is 23.3 Å². The van der Waals surface area contributed by atoms with Crippen molar-refractivity contribution in [1.82, 2.24) is 0 Å². The number of halogens is 1. The summed E-state index contributed by atoms with van der Waals surface area (Å²) in [7, 11) is 1.60. The van der Waals surface area contributed by atoms with Crippen molar-refractivity contribution in [2.45, 2.75) is 6.42 Å². The van der Waals surface area contributed by atoms with E-state index in [-0.39, 0.29) is 18.2 Å². The molecule has 5 heteroatoms. The predicted octanol–water partition coefficient (Wildman–Crippen LogP) is 1.52. The number of nitrogen functional groups attached to an aromatic ring is 1. The zero-order chi connectivity index (χ0) is 12.3. The van der Waals surface area contributed by atoms with Crippen molar-refractivity contribution in [2.75, 3.05) is 26.2 Å². The van der Waals surface area contributed by atoms with Crippen molar-refractivity contribution >= 4 is 5.69 Å². The van der Waals surface area contributed by atoms with Gasteiger partial charge in [-0.15, -0.1) is 0 Å². The molecule has 0 aliphatic carbocycles. The van der Waals surface area contributed by atoms with Gasteiger partial charge in [-0.05, 0) is 6.07 Å². The Morgan fingerprint density at radius 1 is 1.47 bits per heavy atom. The molecule has 1 aliphatic rings. The third kappa shape index (κ3) is 2.27. The number of rotatable bonds is 2. The molecule has 17 heavy (non-hydrogen) atoms. The fourth-order valence-electron chi connectivity index (χ4n) is 1.46. The summed E-state index contributed by atoms with van der Waals surface area (Å²) >= 11 is 0. The van der Waals surface area contributed by atoms with E-state index < -0.39 is 5.82 Å². The molecule has 0 radical (unpaired) electrons. The number of anilines is 1. The molecule has 0 amide bonds. The van der Waals surface area contributed by atoms with Gasteiger partial charge in [0.15, 0.2) is 17.3 Å². The van der Waals surface area contributed by atoms with Crippen LogP contribution in [0.3, 0.4) is 0 Å². The van der Waals surface area contributed by atoms with Crippen LogP contribution in [0.1, 0.15) is 12.0 Å². The standard InChI is InChI=1S/C12H12FNO3/c1-15-5-3-2-4-8-6-9(13)10(14)12-11(8)16-7-17-12/h6H,3,5,7,14H2,1H3. The lowest BCUT2D eigenvalue weighted by molar-refractivity contribution is 0.174. The molecule has 0 atom stereocenters. The number of hydrogen-bond acceptors (Lipinski definition) is 4. The average molecular weight is 237 g/mol. The van der Waals surface area contributed by atoms with Gasteiger partial charge in [0, 0.05) is 13.5 Å². The summed E-state index contributed by atoms with van der Waals surface area (Å²) in [6, 6.07) is 1.25. The zero-order valence-corrected chi connectivity index (χ0v) is 9.38. The van der Waals surface area contributed by atoms with Gasteiger partial charge in [0.1, 0.15) is 5.69 Å². The van der Waals surface area contributed by atoms with Crippen LogP contribution >= 0.6 is 0 Å². The van der Waals surface area contributed by atoms with E-state index in [1.807, 2.05) is 0 Å². The predicted molar refractivity (Wildman–Crippen MR) is 60.3 cm³/mol. The minimum atomic E-state index is -0.551. The highest BCUT2D eigenvalue weighted by molar-refractivity contribution is 5.68. The number of hydrogen-bond donors (Lipinski definition) is 1. The number of fused-ring (bicyclic) bond motifs is 1. The second kappa shape index (κ2) is 4.93. The van der Waals surface area contributed by atoms with Gasteiger partial charge in [-0.1, -0.05) is 11.8 Å². The number of nitrogens with two attached hydrogens (primary N) is 1. The molecule has 0 unspecified atom stereocenters. The first kappa shape index (κ1) is 11.6. The number of benzene rings is 1. The Labute approximate surface area is 98.5 Å². The summed E-state index contributed by atoms with van der Waals surface area (Å²) in [5.74, 6) is 5.78. The van der Waals surface area contributed by atoms with Gasteiger partial charge < -0.3 is 19.9 Å². The maximum atomic E-state index is 13.5. The molecule has 0 aromatic heterocycles. The Bertz CT molecular complexity index is 491. The highest BCUT2D eigenvalue weighted by Gasteiger charge is 2.23. The molecule has 4 nitrogen and oxygen atoms in total. The normalized spacial score (nSPS) is 12.1. The fourth-order valence-corrected chi connectivity index (χ4v) is 1.46. The van der Waals surface area contributed by atoms with Gasteiger partial charge in [0.05, 0.1) is 12.2 Å². The quantitative estimate of drug-likeness (QED) is 0.481. The maximum Gasteiger partial charge on any atom is 0.231 e. The van der Waals surface area contributed by atoms with E-state index in [4.69, 9.17) is 19.9 Å². The first-order valence-corrected chi connectivity index (χ1v) is 5.09. The van der Waals surface area contributed by atoms with E-state index in [0.717, 1.165) is 0 Å². The van der Waals surface area contributed by atoms with Crippen LogP contribution < -0.4 is 15.2 Å². The Hall–Kier alpha value is -1.93. The van der Waals surface area contributed by atoms with E-state index in [9.17, 15) is 4.39 Å². The van der Waals surface area contributed by atoms with Crippen LogP contribution in [0.4, 0.5) is 10.1 Å². The van der Waals surface area contributed by atoms with Crippen LogP contribution in [0, 0.1) is 17.7 Å². The first-order chi connectivity index (χ1) is 8.24. The van der Waals surface area contributed by atoms with Gasteiger partial charge >= 0.3 is 0 Å². The van der Waals surface area contributed by atoms with Gasteiger partial charge in [-0.3, -0.25) is 0 Å². The number of ether oxygens (including phenoxy) is 3. The molecule has 1 aliphatic heterocycles. The summed E-state index contributed by atoms with van der Waals surface area (Å²) in [5.41, 5.74) is 5.93. The van der Waals surface area contributed by atoms with E-state index in [0.29, 0.717) is 24.3 Å². The van der Waals surface area contributed by atoms with E-state index >= 15 is 0 Å².